The van der Waals surface area contributed by atoms with Crippen LogP contribution in [0.5, 0.6) is 5.75 Å². The molecule has 0 saturated heterocycles. The van der Waals surface area contributed by atoms with Crippen LogP contribution in [0.15, 0.2) is 54.7 Å². The number of nitrogens with one attached hydrogen (secondary N) is 1. The maximum Gasteiger partial charge on any atom is 0.246 e. The van der Waals surface area contributed by atoms with E-state index in [1.54, 1.807) is 30.3 Å². The van der Waals surface area contributed by atoms with Gasteiger partial charge in [0.25, 0.3) is 0 Å². The normalized spacial score (nSPS) is 14.1. The number of pyridine rings is 1. The Morgan fingerprint density at radius 1 is 1.24 bits per heavy atom. The zero-order chi connectivity index (χ0) is 23.4. The van der Waals surface area contributed by atoms with E-state index >= 15 is 0 Å². The third kappa shape index (κ3) is 5.21. The van der Waals surface area contributed by atoms with Crippen molar-refractivity contribution in [3.8, 4) is 5.75 Å². The first-order valence-corrected chi connectivity index (χ1v) is 11.0. The molecule has 7 nitrogen and oxygen atoms in total. The Bertz CT molecular complexity index is 1220. The SMILES string of the molecule is CCOc1ccc2ccccc2c1CN(C)C(=O)/C=C/c1cnc2c(c1)CN(C)CC(=O)N2. The Hall–Kier alpha value is -3.71. The molecule has 1 aliphatic heterocycles. The van der Waals surface area contributed by atoms with Gasteiger partial charge < -0.3 is 15.0 Å². The number of nitrogens with zero attached hydrogens (tertiary/aromatic N) is 3. The molecule has 3 aromatic rings. The van der Waals surface area contributed by atoms with Crippen LogP contribution in [0.25, 0.3) is 16.8 Å². The van der Waals surface area contributed by atoms with Crippen molar-refractivity contribution in [2.24, 2.45) is 0 Å². The average Bonchev–Trinajstić information content (AvgIpc) is 2.94. The van der Waals surface area contributed by atoms with Crippen LogP contribution < -0.4 is 10.1 Å². The summed E-state index contributed by atoms with van der Waals surface area (Å²) in [5, 5.41) is 5.01. The van der Waals surface area contributed by atoms with E-state index in [1.165, 1.54) is 0 Å². The maximum atomic E-state index is 12.9. The van der Waals surface area contributed by atoms with Crippen LogP contribution in [-0.4, -0.2) is 53.8 Å². The summed E-state index contributed by atoms with van der Waals surface area (Å²) in [6.45, 7) is 3.87. The van der Waals surface area contributed by atoms with Crippen LogP contribution >= 0.6 is 0 Å². The van der Waals surface area contributed by atoms with Crippen LogP contribution in [0.2, 0.25) is 0 Å². The number of amides is 2. The van der Waals surface area contributed by atoms with E-state index in [0.29, 0.717) is 32.1 Å². The molecule has 0 atom stereocenters. The van der Waals surface area contributed by atoms with Crippen molar-refractivity contribution in [1.29, 1.82) is 0 Å². The quantitative estimate of drug-likeness (QED) is 0.587. The first-order valence-electron chi connectivity index (χ1n) is 11.0. The summed E-state index contributed by atoms with van der Waals surface area (Å²) in [4.78, 5) is 32.7. The molecule has 0 spiro atoms. The second-order valence-electron chi connectivity index (χ2n) is 8.22. The molecule has 2 amide bonds. The lowest BCUT2D eigenvalue weighted by Crippen LogP contribution is -2.26. The van der Waals surface area contributed by atoms with Crippen molar-refractivity contribution in [3.05, 3.63) is 71.4 Å². The van der Waals surface area contributed by atoms with E-state index in [2.05, 4.69) is 22.4 Å². The molecule has 1 aliphatic rings. The van der Waals surface area contributed by atoms with E-state index in [0.717, 1.165) is 33.2 Å². The number of rotatable bonds is 6. The Labute approximate surface area is 193 Å². The van der Waals surface area contributed by atoms with E-state index in [4.69, 9.17) is 4.74 Å². The van der Waals surface area contributed by atoms with E-state index < -0.39 is 0 Å². The first-order chi connectivity index (χ1) is 15.9. The molecule has 170 valence electrons. The predicted octanol–water partition coefficient (Wildman–Crippen LogP) is 3.69. The Morgan fingerprint density at radius 2 is 2.06 bits per heavy atom. The molecule has 0 fully saturated rings. The maximum absolute atomic E-state index is 12.9. The van der Waals surface area contributed by atoms with Crippen LogP contribution in [0.1, 0.15) is 23.6 Å². The van der Waals surface area contributed by atoms with Crippen molar-refractivity contribution < 1.29 is 14.3 Å². The molecule has 0 saturated carbocycles. The van der Waals surface area contributed by atoms with E-state index in [1.807, 2.05) is 49.2 Å². The third-order valence-corrected chi connectivity index (χ3v) is 5.59. The standard InChI is InChI=1S/C26H28N4O3/c1-4-33-23-11-10-19-7-5-6-8-21(19)22(23)16-30(3)25(32)12-9-18-13-20-15-29(2)17-24(31)28-26(20)27-14-18/h5-14H,4,15-17H2,1-3H3,(H,27,28,31)/b12-9+. The smallest absolute Gasteiger partial charge is 0.246 e. The summed E-state index contributed by atoms with van der Waals surface area (Å²) in [5.41, 5.74) is 2.72. The van der Waals surface area contributed by atoms with Gasteiger partial charge in [-0.05, 0) is 48.5 Å². The van der Waals surface area contributed by atoms with Crippen molar-refractivity contribution in [2.45, 2.75) is 20.0 Å². The molecule has 0 unspecified atom stereocenters. The number of hydrogen-bond donors (Lipinski definition) is 1. The second kappa shape index (κ2) is 9.83. The van der Waals surface area contributed by atoms with Gasteiger partial charge in [0, 0.05) is 43.5 Å². The van der Waals surface area contributed by atoms with Crippen molar-refractivity contribution in [2.75, 3.05) is 32.6 Å². The summed E-state index contributed by atoms with van der Waals surface area (Å²) in [6.07, 6.45) is 4.96. The number of likely N-dealkylation sites (N-methyl/N-ethyl adjacent to an activating group) is 2. The highest BCUT2D eigenvalue weighted by molar-refractivity contribution is 5.94. The Balaban J connectivity index is 1.52. The fraction of sp³-hybridized carbons (Fsp3) is 0.269. The van der Waals surface area contributed by atoms with Crippen LogP contribution in [0, 0.1) is 0 Å². The zero-order valence-electron chi connectivity index (χ0n) is 19.2. The molecule has 1 aromatic heterocycles. The number of aromatic nitrogens is 1. The van der Waals surface area contributed by atoms with Gasteiger partial charge in [-0.25, -0.2) is 4.98 Å². The molecule has 2 aromatic carbocycles. The topological polar surface area (TPSA) is 74.8 Å². The van der Waals surface area contributed by atoms with E-state index in [-0.39, 0.29) is 11.8 Å². The molecule has 4 rings (SSSR count). The highest BCUT2D eigenvalue weighted by Gasteiger charge is 2.18. The second-order valence-corrected chi connectivity index (χ2v) is 8.22. The summed E-state index contributed by atoms with van der Waals surface area (Å²) in [6, 6.07) is 14.1. The Morgan fingerprint density at radius 3 is 2.88 bits per heavy atom. The van der Waals surface area contributed by atoms with Crippen LogP contribution in [-0.2, 0) is 22.7 Å². The monoisotopic (exact) mass is 444 g/mol. The highest BCUT2D eigenvalue weighted by Crippen LogP contribution is 2.29. The number of ether oxygens (including phenoxy) is 1. The van der Waals surface area contributed by atoms with Crippen molar-refractivity contribution in [3.63, 3.8) is 0 Å². The lowest BCUT2D eigenvalue weighted by atomic mass is 10.0. The number of carbonyl (C=O) groups excluding carboxylic acids is 2. The molecule has 1 N–H and O–H groups in total. The van der Waals surface area contributed by atoms with Gasteiger partial charge in [-0.1, -0.05) is 30.3 Å². The van der Waals surface area contributed by atoms with Crippen LogP contribution in [0.4, 0.5) is 5.82 Å². The van der Waals surface area contributed by atoms with Gasteiger partial charge in [-0.2, -0.15) is 0 Å². The predicted molar refractivity (Wildman–Crippen MR) is 130 cm³/mol. The molecule has 0 aliphatic carbocycles. The average molecular weight is 445 g/mol. The zero-order valence-corrected chi connectivity index (χ0v) is 19.2. The number of anilines is 1. The number of benzene rings is 2. The van der Waals surface area contributed by atoms with Gasteiger partial charge in [-0.15, -0.1) is 0 Å². The van der Waals surface area contributed by atoms with Crippen molar-refractivity contribution >= 4 is 34.5 Å². The fourth-order valence-electron chi connectivity index (χ4n) is 4.00. The lowest BCUT2D eigenvalue weighted by Gasteiger charge is -2.19. The molecule has 2 heterocycles. The molecular formula is C26H28N4O3. The fourth-order valence-corrected chi connectivity index (χ4v) is 4.00. The summed E-state index contributed by atoms with van der Waals surface area (Å²) in [5.74, 6) is 1.17. The number of carbonyl (C=O) groups is 2. The van der Waals surface area contributed by atoms with E-state index in [9.17, 15) is 9.59 Å². The van der Waals surface area contributed by atoms with Gasteiger partial charge in [0.05, 0.1) is 13.2 Å². The highest BCUT2D eigenvalue weighted by atomic mass is 16.5. The minimum Gasteiger partial charge on any atom is -0.494 e. The molecular weight excluding hydrogens is 416 g/mol. The van der Waals surface area contributed by atoms with Gasteiger partial charge >= 0.3 is 0 Å². The van der Waals surface area contributed by atoms with Gasteiger partial charge in [0.1, 0.15) is 11.6 Å². The van der Waals surface area contributed by atoms with Crippen LogP contribution in [0.3, 0.4) is 0 Å². The first kappa shape index (κ1) is 22.5. The lowest BCUT2D eigenvalue weighted by molar-refractivity contribution is -0.125. The third-order valence-electron chi connectivity index (χ3n) is 5.59. The van der Waals surface area contributed by atoms with Gasteiger partial charge in [0.15, 0.2) is 0 Å². The molecule has 33 heavy (non-hydrogen) atoms. The molecule has 0 bridgehead atoms. The summed E-state index contributed by atoms with van der Waals surface area (Å²) >= 11 is 0. The largest absolute Gasteiger partial charge is 0.494 e. The van der Waals surface area contributed by atoms with Gasteiger partial charge in [-0.3, -0.25) is 14.5 Å². The molecule has 0 radical (unpaired) electrons. The number of hydrogen-bond acceptors (Lipinski definition) is 5. The number of fused-ring (bicyclic) bond motifs is 2. The minimum atomic E-state index is -0.120. The molecule has 7 heteroatoms. The van der Waals surface area contributed by atoms with Crippen molar-refractivity contribution in [1.82, 2.24) is 14.8 Å². The summed E-state index contributed by atoms with van der Waals surface area (Å²) < 4.78 is 5.84. The Kier molecular flexibility index (Phi) is 6.70. The summed E-state index contributed by atoms with van der Waals surface area (Å²) in [7, 11) is 3.67. The minimum absolute atomic E-state index is 0.0799. The van der Waals surface area contributed by atoms with Gasteiger partial charge in [0.2, 0.25) is 11.8 Å².